The Kier molecular flexibility index (Phi) is 7.02. The molecule has 0 aromatic heterocycles. The number of nitrogens with one attached hydrogen (secondary N) is 2. The van der Waals surface area contributed by atoms with Crippen molar-refractivity contribution in [2.45, 2.75) is 44.4 Å². The van der Waals surface area contributed by atoms with Crippen molar-refractivity contribution in [3.63, 3.8) is 0 Å². The Balaban J connectivity index is 1.47. The molecule has 2 aromatic carbocycles. The lowest BCUT2D eigenvalue weighted by Gasteiger charge is -2.42. The second kappa shape index (κ2) is 10.1. The van der Waals surface area contributed by atoms with Gasteiger partial charge in [-0.15, -0.1) is 0 Å². The van der Waals surface area contributed by atoms with Gasteiger partial charge in [-0.2, -0.15) is 0 Å². The number of hydrogen-bond donors (Lipinski definition) is 2. The van der Waals surface area contributed by atoms with E-state index < -0.39 is 6.03 Å². The van der Waals surface area contributed by atoms with Crippen LogP contribution in [0.4, 0.5) is 16.2 Å². The molecule has 4 rings (SSSR count). The number of rotatable bonds is 4. The van der Waals surface area contributed by atoms with Gasteiger partial charge in [0.15, 0.2) is 0 Å². The monoisotopic (exact) mass is 467 g/mol. The first-order valence-corrected chi connectivity index (χ1v) is 11.2. The summed E-state index contributed by atoms with van der Waals surface area (Å²) in [5.74, 6) is -0.127. The molecule has 0 bridgehead atoms. The van der Waals surface area contributed by atoms with Crippen LogP contribution in [0.15, 0.2) is 42.5 Å². The third-order valence-electron chi connectivity index (χ3n) is 6.17. The molecular weight excluding hydrogens is 438 g/mol. The molecule has 3 amide bonds. The quantitative estimate of drug-likeness (QED) is 0.666. The number of anilines is 2. The molecule has 9 heteroatoms. The normalized spacial score (nSPS) is 21.8. The number of aryl methyl sites for hydroxylation is 1. The summed E-state index contributed by atoms with van der Waals surface area (Å²) in [6, 6.07) is 11.9. The van der Waals surface area contributed by atoms with E-state index in [9.17, 15) is 14.4 Å². The lowest BCUT2D eigenvalue weighted by atomic mass is 9.94. The van der Waals surface area contributed by atoms with Gasteiger partial charge in [-0.05, 0) is 55.7 Å². The largest absolute Gasteiger partial charge is 0.490 e. The summed E-state index contributed by atoms with van der Waals surface area (Å²) in [4.78, 5) is 39.1. The standard InChI is InChI=1S/C25H29N3O6/c1-15-5-4-6-16(11-15)26-25(31)27-17-7-10-21-19(12-17)24(30)28(2)20-9-8-18(13-23(29)32-3)34-22(20)14-33-21/h4-7,10-12,18,20,22H,8-9,13-14H2,1-3H3,(H2,26,27,31)/t18-,20+,22+/m1/s1. The second-order valence-electron chi connectivity index (χ2n) is 8.61. The maximum absolute atomic E-state index is 13.3. The van der Waals surface area contributed by atoms with Crippen LogP contribution in [0.1, 0.15) is 35.2 Å². The zero-order valence-electron chi connectivity index (χ0n) is 19.5. The first-order chi connectivity index (χ1) is 16.3. The van der Waals surface area contributed by atoms with Crippen LogP contribution in [0.25, 0.3) is 0 Å². The molecule has 0 saturated carbocycles. The highest BCUT2D eigenvalue weighted by molar-refractivity contribution is 6.02. The van der Waals surface area contributed by atoms with E-state index in [0.717, 1.165) is 5.56 Å². The van der Waals surface area contributed by atoms with Gasteiger partial charge in [0.25, 0.3) is 5.91 Å². The molecule has 2 aliphatic rings. The van der Waals surface area contributed by atoms with Crippen molar-refractivity contribution < 1.29 is 28.6 Å². The highest BCUT2D eigenvalue weighted by Crippen LogP contribution is 2.32. The number of methoxy groups -OCH3 is 1. The highest BCUT2D eigenvalue weighted by Gasteiger charge is 2.39. The molecule has 2 aliphatic heterocycles. The second-order valence-corrected chi connectivity index (χ2v) is 8.61. The van der Waals surface area contributed by atoms with Gasteiger partial charge in [0.05, 0.1) is 31.2 Å². The molecule has 0 unspecified atom stereocenters. The smallest absolute Gasteiger partial charge is 0.323 e. The van der Waals surface area contributed by atoms with Crippen molar-refractivity contribution in [2.24, 2.45) is 0 Å². The Morgan fingerprint density at radius 3 is 2.62 bits per heavy atom. The van der Waals surface area contributed by atoms with E-state index in [-0.39, 0.29) is 43.2 Å². The fourth-order valence-electron chi connectivity index (χ4n) is 4.39. The van der Waals surface area contributed by atoms with Crippen molar-refractivity contribution in [3.8, 4) is 5.75 Å². The van der Waals surface area contributed by atoms with Gasteiger partial charge in [-0.1, -0.05) is 12.1 Å². The lowest BCUT2D eigenvalue weighted by molar-refractivity contribution is -0.151. The molecule has 180 valence electrons. The summed E-state index contributed by atoms with van der Waals surface area (Å²) in [6.07, 6.45) is 0.876. The van der Waals surface area contributed by atoms with Crippen molar-refractivity contribution in [3.05, 3.63) is 53.6 Å². The highest BCUT2D eigenvalue weighted by atomic mass is 16.5. The number of benzene rings is 2. The molecule has 2 N–H and O–H groups in total. The summed E-state index contributed by atoms with van der Waals surface area (Å²) < 4.78 is 16.8. The van der Waals surface area contributed by atoms with E-state index in [1.165, 1.54) is 7.11 Å². The molecule has 1 fully saturated rings. The van der Waals surface area contributed by atoms with Crippen LogP contribution in [0.5, 0.6) is 5.75 Å². The van der Waals surface area contributed by atoms with Gasteiger partial charge < -0.3 is 29.7 Å². The Hall–Kier alpha value is -3.59. The number of fused-ring (bicyclic) bond motifs is 2. The number of carbonyl (C=O) groups is 3. The molecule has 0 radical (unpaired) electrons. The van der Waals surface area contributed by atoms with E-state index in [0.29, 0.717) is 35.5 Å². The molecule has 34 heavy (non-hydrogen) atoms. The summed E-state index contributed by atoms with van der Waals surface area (Å²) >= 11 is 0. The maximum atomic E-state index is 13.3. The van der Waals surface area contributed by atoms with Gasteiger partial charge in [0, 0.05) is 18.4 Å². The van der Waals surface area contributed by atoms with E-state index in [2.05, 4.69) is 10.6 Å². The van der Waals surface area contributed by atoms with Gasteiger partial charge in [0.2, 0.25) is 0 Å². The molecule has 0 aliphatic carbocycles. The van der Waals surface area contributed by atoms with E-state index in [1.54, 1.807) is 36.2 Å². The molecule has 9 nitrogen and oxygen atoms in total. The van der Waals surface area contributed by atoms with Crippen molar-refractivity contribution in [1.82, 2.24) is 4.90 Å². The van der Waals surface area contributed by atoms with Gasteiger partial charge in [0.1, 0.15) is 18.5 Å². The lowest BCUT2D eigenvalue weighted by Crippen LogP contribution is -2.53. The van der Waals surface area contributed by atoms with Crippen LogP contribution < -0.4 is 15.4 Å². The van der Waals surface area contributed by atoms with Gasteiger partial charge >= 0.3 is 12.0 Å². The van der Waals surface area contributed by atoms with Crippen molar-refractivity contribution >= 4 is 29.3 Å². The summed E-state index contributed by atoms with van der Waals surface area (Å²) in [5.41, 5.74) is 2.55. The summed E-state index contributed by atoms with van der Waals surface area (Å²) in [6.45, 7) is 2.19. The third-order valence-corrected chi connectivity index (χ3v) is 6.17. The summed E-state index contributed by atoms with van der Waals surface area (Å²) in [7, 11) is 3.09. The molecule has 0 spiro atoms. The van der Waals surface area contributed by atoms with Crippen LogP contribution in [-0.2, 0) is 14.3 Å². The Morgan fingerprint density at radius 2 is 1.88 bits per heavy atom. The molecule has 2 heterocycles. The average molecular weight is 468 g/mol. The maximum Gasteiger partial charge on any atom is 0.323 e. The van der Waals surface area contributed by atoms with Crippen LogP contribution in [0.2, 0.25) is 0 Å². The van der Waals surface area contributed by atoms with Gasteiger partial charge in [-0.3, -0.25) is 9.59 Å². The number of ether oxygens (including phenoxy) is 3. The number of carbonyl (C=O) groups excluding carboxylic acids is 3. The summed E-state index contributed by atoms with van der Waals surface area (Å²) in [5, 5.41) is 5.56. The van der Waals surface area contributed by atoms with Crippen LogP contribution in [0, 0.1) is 6.92 Å². The van der Waals surface area contributed by atoms with Crippen LogP contribution >= 0.6 is 0 Å². The molecular formula is C25H29N3O6. The Bertz CT molecular complexity index is 1090. The number of likely N-dealkylation sites (N-methyl/N-ethyl adjacent to an activating group) is 1. The fourth-order valence-corrected chi connectivity index (χ4v) is 4.39. The Labute approximate surface area is 198 Å². The number of hydrogen-bond acceptors (Lipinski definition) is 6. The third kappa shape index (κ3) is 5.31. The van der Waals surface area contributed by atoms with E-state index in [1.807, 2.05) is 25.1 Å². The first kappa shape index (κ1) is 23.6. The molecule has 2 aromatic rings. The topological polar surface area (TPSA) is 106 Å². The van der Waals surface area contributed by atoms with Crippen LogP contribution in [-0.4, -0.2) is 61.8 Å². The minimum Gasteiger partial charge on any atom is -0.490 e. The number of urea groups is 1. The zero-order chi connectivity index (χ0) is 24.2. The Morgan fingerprint density at radius 1 is 1.12 bits per heavy atom. The zero-order valence-corrected chi connectivity index (χ0v) is 19.5. The van der Waals surface area contributed by atoms with Crippen LogP contribution in [0.3, 0.4) is 0 Å². The minimum atomic E-state index is -0.407. The van der Waals surface area contributed by atoms with Gasteiger partial charge in [-0.25, -0.2) is 4.79 Å². The minimum absolute atomic E-state index is 0.174. The van der Waals surface area contributed by atoms with Crippen molar-refractivity contribution in [1.29, 1.82) is 0 Å². The number of amides is 3. The number of nitrogens with zero attached hydrogens (tertiary/aromatic N) is 1. The van der Waals surface area contributed by atoms with E-state index >= 15 is 0 Å². The van der Waals surface area contributed by atoms with Crippen molar-refractivity contribution in [2.75, 3.05) is 31.4 Å². The predicted octanol–water partition coefficient (Wildman–Crippen LogP) is 3.58. The molecule has 1 saturated heterocycles. The van der Waals surface area contributed by atoms with E-state index in [4.69, 9.17) is 14.2 Å². The average Bonchev–Trinajstić information content (AvgIpc) is 2.81. The first-order valence-electron chi connectivity index (χ1n) is 11.2. The number of esters is 1. The predicted molar refractivity (Wildman–Crippen MR) is 126 cm³/mol. The SMILES string of the molecule is COC(=O)C[C@H]1CC[C@H]2[C@H](COc3ccc(NC(=O)Nc4cccc(C)c4)cc3C(=O)N2C)O1. The molecule has 3 atom stereocenters. The fraction of sp³-hybridized carbons (Fsp3) is 0.400.